The van der Waals surface area contributed by atoms with Gasteiger partial charge in [0, 0.05) is 16.6 Å². The van der Waals surface area contributed by atoms with Gasteiger partial charge in [0.25, 0.3) is 5.91 Å². The van der Waals surface area contributed by atoms with Crippen LogP contribution in [0.4, 0.5) is 5.69 Å². The van der Waals surface area contributed by atoms with E-state index < -0.39 is 0 Å². The van der Waals surface area contributed by atoms with Gasteiger partial charge in [-0.05, 0) is 77.8 Å². The Morgan fingerprint density at radius 3 is 2.53 bits per heavy atom. The van der Waals surface area contributed by atoms with Gasteiger partial charge >= 0.3 is 0 Å². The Hall–Kier alpha value is -3.23. The summed E-state index contributed by atoms with van der Waals surface area (Å²) < 4.78 is 12.3. The minimum atomic E-state index is -0.339. The number of aromatic nitrogens is 1. The summed E-state index contributed by atoms with van der Waals surface area (Å²) in [6.07, 6.45) is 0.584. The second-order valence-electron chi connectivity index (χ2n) is 8.11. The first kappa shape index (κ1) is 23.9. The molecule has 8 heteroatoms. The lowest BCUT2D eigenvalue weighted by Crippen LogP contribution is -2.37. The number of benzene rings is 3. The van der Waals surface area contributed by atoms with Gasteiger partial charge in [-0.2, -0.15) is 0 Å². The van der Waals surface area contributed by atoms with Crippen LogP contribution in [0.1, 0.15) is 36.8 Å². The number of thiocarbonyl (C=S) groups is 1. The normalized spacial score (nSPS) is 10.9. The van der Waals surface area contributed by atoms with Crippen LogP contribution in [-0.2, 0) is 11.2 Å². The molecule has 4 rings (SSSR count). The molecule has 4 aromatic rings. The molecular formula is C26H24BrN3O3S. The topological polar surface area (TPSA) is 76.4 Å². The highest BCUT2D eigenvalue weighted by atomic mass is 79.9. The first-order chi connectivity index (χ1) is 16.4. The molecule has 0 spiro atoms. The highest BCUT2D eigenvalue weighted by Gasteiger charge is 2.10. The molecule has 0 saturated carbocycles. The summed E-state index contributed by atoms with van der Waals surface area (Å²) >= 11 is 8.59. The summed E-state index contributed by atoms with van der Waals surface area (Å²) in [5, 5.41) is 5.83. The van der Waals surface area contributed by atoms with Crippen LogP contribution >= 0.6 is 28.1 Å². The average Bonchev–Trinajstić information content (AvgIpc) is 3.21. The standard InChI is InChI=1S/C26H24BrN3O3S/c1-16(2)18-5-12-23-22(14-18)29-25(33-23)13-17-3-8-20(9-4-17)28-26(34)30-24(31)15-32-21-10-6-19(27)7-11-21/h3-12,14,16H,13,15H2,1-2H3,(H2,28,30,31,34). The summed E-state index contributed by atoms with van der Waals surface area (Å²) in [5.74, 6) is 1.38. The predicted octanol–water partition coefficient (Wildman–Crippen LogP) is 6.20. The van der Waals surface area contributed by atoms with Gasteiger partial charge in [-0.25, -0.2) is 4.98 Å². The van der Waals surface area contributed by atoms with Crippen LogP contribution in [0.3, 0.4) is 0 Å². The van der Waals surface area contributed by atoms with Crippen LogP contribution in [0.15, 0.2) is 75.6 Å². The Bertz CT molecular complexity index is 1300. The molecule has 0 fully saturated rings. The van der Waals surface area contributed by atoms with Crippen molar-refractivity contribution in [2.24, 2.45) is 0 Å². The molecule has 1 amide bonds. The minimum Gasteiger partial charge on any atom is -0.484 e. The zero-order valence-corrected chi connectivity index (χ0v) is 21.2. The van der Waals surface area contributed by atoms with Crippen molar-refractivity contribution in [3.8, 4) is 5.75 Å². The second-order valence-corrected chi connectivity index (χ2v) is 9.43. The van der Waals surface area contributed by atoms with Gasteiger partial charge in [0.05, 0.1) is 0 Å². The van der Waals surface area contributed by atoms with Gasteiger partial charge in [-0.1, -0.05) is 48.0 Å². The van der Waals surface area contributed by atoms with Crippen LogP contribution in [0, 0.1) is 0 Å². The van der Waals surface area contributed by atoms with Gasteiger partial charge in [0.1, 0.15) is 11.3 Å². The lowest BCUT2D eigenvalue weighted by molar-refractivity contribution is -0.121. The number of fused-ring (bicyclic) bond motifs is 1. The van der Waals surface area contributed by atoms with E-state index in [1.54, 1.807) is 12.1 Å². The first-order valence-electron chi connectivity index (χ1n) is 10.8. The van der Waals surface area contributed by atoms with Crippen LogP contribution < -0.4 is 15.4 Å². The average molecular weight is 538 g/mol. The summed E-state index contributed by atoms with van der Waals surface area (Å²) in [6, 6.07) is 21.1. The molecule has 0 bridgehead atoms. The Balaban J connectivity index is 1.28. The van der Waals surface area contributed by atoms with Gasteiger partial charge in [-0.15, -0.1) is 0 Å². The maximum absolute atomic E-state index is 12.1. The van der Waals surface area contributed by atoms with Crippen LogP contribution in [-0.4, -0.2) is 22.6 Å². The Morgan fingerprint density at radius 2 is 1.82 bits per heavy atom. The maximum atomic E-state index is 12.1. The number of nitrogens with one attached hydrogen (secondary N) is 2. The Morgan fingerprint density at radius 1 is 1.09 bits per heavy atom. The van der Waals surface area contributed by atoms with Gasteiger partial charge < -0.3 is 14.5 Å². The Labute approximate surface area is 211 Å². The van der Waals surface area contributed by atoms with E-state index in [2.05, 4.69) is 57.5 Å². The van der Waals surface area contributed by atoms with Crippen LogP contribution in [0.2, 0.25) is 0 Å². The van der Waals surface area contributed by atoms with Gasteiger partial charge in [0.2, 0.25) is 0 Å². The van der Waals surface area contributed by atoms with Crippen molar-refractivity contribution in [2.75, 3.05) is 11.9 Å². The Kier molecular flexibility index (Phi) is 7.59. The van der Waals surface area contributed by atoms with Crippen LogP contribution in [0.5, 0.6) is 5.75 Å². The third-order valence-corrected chi connectivity index (χ3v) is 5.86. The smallest absolute Gasteiger partial charge is 0.264 e. The number of nitrogens with zero attached hydrogens (tertiary/aromatic N) is 1. The molecule has 34 heavy (non-hydrogen) atoms. The molecule has 0 aliphatic carbocycles. The van der Waals surface area contributed by atoms with E-state index in [-0.39, 0.29) is 17.6 Å². The van der Waals surface area contributed by atoms with Gasteiger partial charge in [-0.3, -0.25) is 10.1 Å². The largest absolute Gasteiger partial charge is 0.484 e. The number of ether oxygens (including phenoxy) is 1. The molecule has 0 aliphatic rings. The number of carbonyl (C=O) groups is 1. The number of amides is 1. The zero-order valence-electron chi connectivity index (χ0n) is 18.8. The van der Waals surface area contributed by atoms with Crippen molar-refractivity contribution < 1.29 is 13.9 Å². The molecule has 174 valence electrons. The highest BCUT2D eigenvalue weighted by molar-refractivity contribution is 9.10. The number of oxazole rings is 1. The minimum absolute atomic E-state index is 0.133. The van der Waals surface area contributed by atoms with Crippen molar-refractivity contribution in [1.29, 1.82) is 0 Å². The molecule has 1 aromatic heterocycles. The molecule has 3 aromatic carbocycles. The lowest BCUT2D eigenvalue weighted by atomic mass is 10.0. The third kappa shape index (κ3) is 6.42. The fraction of sp³-hybridized carbons (Fsp3) is 0.192. The molecule has 0 radical (unpaired) electrons. The molecule has 0 unspecified atom stereocenters. The second kappa shape index (κ2) is 10.8. The highest BCUT2D eigenvalue weighted by Crippen LogP contribution is 2.23. The molecular weight excluding hydrogens is 514 g/mol. The van der Waals surface area contributed by atoms with Crippen molar-refractivity contribution in [1.82, 2.24) is 10.3 Å². The number of anilines is 1. The number of carbonyl (C=O) groups excluding carboxylic acids is 1. The van der Waals surface area contributed by atoms with E-state index in [0.29, 0.717) is 24.0 Å². The van der Waals surface area contributed by atoms with Crippen LogP contribution in [0.25, 0.3) is 11.1 Å². The number of halogens is 1. The predicted molar refractivity (Wildman–Crippen MR) is 141 cm³/mol. The fourth-order valence-electron chi connectivity index (χ4n) is 3.31. The van der Waals surface area contributed by atoms with E-state index >= 15 is 0 Å². The summed E-state index contributed by atoms with van der Waals surface area (Å²) in [7, 11) is 0. The number of hydrogen-bond acceptors (Lipinski definition) is 5. The molecule has 0 saturated heterocycles. The van der Waals surface area contributed by atoms with E-state index in [1.807, 2.05) is 42.5 Å². The third-order valence-electron chi connectivity index (χ3n) is 5.13. The monoisotopic (exact) mass is 537 g/mol. The number of hydrogen-bond donors (Lipinski definition) is 2. The van der Waals surface area contributed by atoms with E-state index in [0.717, 1.165) is 26.8 Å². The van der Waals surface area contributed by atoms with Gasteiger partial charge in [0.15, 0.2) is 23.2 Å². The van der Waals surface area contributed by atoms with Crippen molar-refractivity contribution in [2.45, 2.75) is 26.2 Å². The van der Waals surface area contributed by atoms with E-state index in [1.165, 1.54) is 5.56 Å². The SMILES string of the molecule is CC(C)c1ccc2oc(Cc3ccc(NC(=S)NC(=O)COc4ccc(Br)cc4)cc3)nc2c1. The van der Waals surface area contributed by atoms with E-state index in [9.17, 15) is 4.79 Å². The van der Waals surface area contributed by atoms with Crippen molar-refractivity contribution in [3.63, 3.8) is 0 Å². The summed E-state index contributed by atoms with van der Waals surface area (Å²) in [6.45, 7) is 4.19. The summed E-state index contributed by atoms with van der Waals surface area (Å²) in [4.78, 5) is 16.7. The first-order valence-corrected chi connectivity index (χ1v) is 12.0. The van der Waals surface area contributed by atoms with E-state index in [4.69, 9.17) is 21.4 Å². The zero-order chi connectivity index (χ0) is 24.1. The molecule has 0 atom stereocenters. The molecule has 6 nitrogen and oxygen atoms in total. The summed E-state index contributed by atoms with van der Waals surface area (Å²) in [5.41, 5.74) is 4.74. The molecule has 0 aliphatic heterocycles. The quantitative estimate of drug-likeness (QED) is 0.273. The number of rotatable bonds is 7. The molecule has 2 N–H and O–H groups in total. The fourth-order valence-corrected chi connectivity index (χ4v) is 3.81. The lowest BCUT2D eigenvalue weighted by Gasteiger charge is -2.11. The van der Waals surface area contributed by atoms with Crippen molar-refractivity contribution in [3.05, 3.63) is 88.2 Å². The molecule has 1 heterocycles. The van der Waals surface area contributed by atoms with Crippen molar-refractivity contribution >= 4 is 56.0 Å². The maximum Gasteiger partial charge on any atom is 0.264 e.